The van der Waals surface area contributed by atoms with Gasteiger partial charge < -0.3 is 9.80 Å². The Hall–Kier alpha value is -2.99. The average Bonchev–Trinajstić information content (AvgIpc) is 3.36. The Kier molecular flexibility index (Phi) is 5.55. The molecule has 2 fully saturated rings. The van der Waals surface area contributed by atoms with Gasteiger partial charge in [0.15, 0.2) is 5.69 Å². The highest BCUT2D eigenvalue weighted by Gasteiger charge is 2.30. The van der Waals surface area contributed by atoms with E-state index in [0.29, 0.717) is 29.1 Å². The number of benzene rings is 2. The fourth-order valence-electron chi connectivity index (χ4n) is 4.95. The molecule has 3 heterocycles. The van der Waals surface area contributed by atoms with Crippen LogP contribution in [-0.2, 0) is 6.54 Å². The minimum absolute atomic E-state index is 0.0714. The van der Waals surface area contributed by atoms with E-state index in [1.54, 1.807) is 6.07 Å². The monoisotopic (exact) mass is 416 g/mol. The second-order valence-electron chi connectivity index (χ2n) is 8.61. The number of hydrogen-bond acceptors (Lipinski definition) is 4. The Labute approximate surface area is 182 Å². The quantitative estimate of drug-likeness (QED) is 0.656. The summed E-state index contributed by atoms with van der Waals surface area (Å²) in [6.45, 7) is 4.22. The maximum absolute atomic E-state index is 13.5. The summed E-state index contributed by atoms with van der Waals surface area (Å²) in [5.74, 6) is -0.0714. The molecule has 1 amide bonds. The van der Waals surface area contributed by atoms with Crippen LogP contribution in [0.25, 0.3) is 10.8 Å². The lowest BCUT2D eigenvalue weighted by atomic mass is 10.0. The highest BCUT2D eigenvalue weighted by molar-refractivity contribution is 6.04. The predicted molar refractivity (Wildman–Crippen MR) is 121 cm³/mol. The van der Waals surface area contributed by atoms with Gasteiger partial charge in [0.05, 0.1) is 11.9 Å². The number of amides is 1. The molecule has 0 bridgehead atoms. The van der Waals surface area contributed by atoms with Crippen LogP contribution in [0.1, 0.15) is 41.7 Å². The minimum atomic E-state index is -0.163. The van der Waals surface area contributed by atoms with Crippen LogP contribution < -0.4 is 5.56 Å². The van der Waals surface area contributed by atoms with Crippen LogP contribution in [0.3, 0.4) is 0 Å². The zero-order chi connectivity index (χ0) is 21.2. The molecule has 31 heavy (non-hydrogen) atoms. The van der Waals surface area contributed by atoms with Gasteiger partial charge in [0.2, 0.25) is 0 Å². The van der Waals surface area contributed by atoms with Crippen LogP contribution in [0.4, 0.5) is 0 Å². The molecule has 0 unspecified atom stereocenters. The van der Waals surface area contributed by atoms with Crippen molar-refractivity contribution in [3.63, 3.8) is 0 Å². The number of hydrogen-bond donors (Lipinski definition) is 0. The van der Waals surface area contributed by atoms with E-state index in [2.05, 4.69) is 10.00 Å². The van der Waals surface area contributed by atoms with Crippen molar-refractivity contribution in [3.8, 4) is 0 Å². The molecular formula is C25H28N4O2. The van der Waals surface area contributed by atoms with Gasteiger partial charge in [-0.3, -0.25) is 9.59 Å². The molecule has 2 aliphatic heterocycles. The molecule has 0 N–H and O–H groups in total. The van der Waals surface area contributed by atoms with Gasteiger partial charge in [0, 0.05) is 24.5 Å². The van der Waals surface area contributed by atoms with Gasteiger partial charge >= 0.3 is 0 Å². The van der Waals surface area contributed by atoms with Gasteiger partial charge in [-0.15, -0.1) is 0 Å². The summed E-state index contributed by atoms with van der Waals surface area (Å²) in [5, 5.41) is 5.76. The number of piperidine rings is 1. The number of fused-ring (bicyclic) bond motifs is 1. The van der Waals surface area contributed by atoms with E-state index in [9.17, 15) is 9.59 Å². The van der Waals surface area contributed by atoms with Crippen molar-refractivity contribution in [1.82, 2.24) is 19.6 Å². The maximum Gasteiger partial charge on any atom is 0.274 e. The fraction of sp³-hybridized carbons (Fsp3) is 0.400. The molecule has 0 aliphatic carbocycles. The average molecular weight is 417 g/mol. The Morgan fingerprint density at radius 2 is 1.52 bits per heavy atom. The number of nitrogens with zero attached hydrogens (tertiary/aromatic N) is 4. The van der Waals surface area contributed by atoms with Gasteiger partial charge in [-0.05, 0) is 50.4 Å². The number of likely N-dealkylation sites (tertiary alicyclic amines) is 2. The van der Waals surface area contributed by atoms with Crippen molar-refractivity contribution < 1.29 is 4.79 Å². The molecule has 0 radical (unpaired) electrons. The number of rotatable bonds is 4. The third-order valence-electron chi connectivity index (χ3n) is 6.65. The second-order valence-corrected chi connectivity index (χ2v) is 8.61. The van der Waals surface area contributed by atoms with Crippen LogP contribution >= 0.6 is 0 Å². The largest absolute Gasteiger partial charge is 0.337 e. The Morgan fingerprint density at radius 1 is 0.871 bits per heavy atom. The van der Waals surface area contributed by atoms with Gasteiger partial charge in [-0.2, -0.15) is 5.10 Å². The standard InChI is InChI=1S/C25H28N4O2/c30-24-22-11-5-4-10-21(22)23(26-29(24)18-19-8-2-1-3-9-19)25(31)28-16-12-20(13-17-28)27-14-6-7-15-27/h1-5,8-11,20H,6-7,12-18H2. The van der Waals surface area contributed by atoms with E-state index < -0.39 is 0 Å². The molecule has 0 atom stereocenters. The van der Waals surface area contributed by atoms with Crippen molar-refractivity contribution in [2.24, 2.45) is 0 Å². The highest BCUT2D eigenvalue weighted by Crippen LogP contribution is 2.23. The van der Waals surface area contributed by atoms with Gasteiger partial charge in [0.1, 0.15) is 0 Å². The lowest BCUT2D eigenvalue weighted by molar-refractivity contribution is 0.0638. The topological polar surface area (TPSA) is 58.4 Å². The van der Waals surface area contributed by atoms with Crippen LogP contribution in [0.5, 0.6) is 0 Å². The predicted octanol–water partition coefficient (Wildman–Crippen LogP) is 3.15. The first-order valence-electron chi connectivity index (χ1n) is 11.3. The SMILES string of the molecule is O=C(c1nn(Cc2ccccc2)c(=O)c2ccccc12)N1CCC(N2CCCC2)CC1. The Morgan fingerprint density at radius 3 is 2.23 bits per heavy atom. The molecule has 1 aromatic heterocycles. The maximum atomic E-state index is 13.5. The minimum Gasteiger partial charge on any atom is -0.337 e. The van der Waals surface area contributed by atoms with Crippen LogP contribution in [-0.4, -0.2) is 57.7 Å². The van der Waals surface area contributed by atoms with Gasteiger partial charge in [-0.25, -0.2) is 4.68 Å². The molecular weight excluding hydrogens is 388 g/mol. The summed E-state index contributed by atoms with van der Waals surface area (Å²) in [5.41, 5.74) is 1.20. The summed E-state index contributed by atoms with van der Waals surface area (Å²) in [7, 11) is 0. The summed E-state index contributed by atoms with van der Waals surface area (Å²) >= 11 is 0. The van der Waals surface area contributed by atoms with Crippen molar-refractivity contribution >= 4 is 16.7 Å². The van der Waals surface area contributed by atoms with Crippen molar-refractivity contribution in [2.75, 3.05) is 26.2 Å². The molecule has 2 aromatic carbocycles. The van der Waals surface area contributed by atoms with Gasteiger partial charge in [-0.1, -0.05) is 48.5 Å². The molecule has 0 saturated carbocycles. The van der Waals surface area contributed by atoms with E-state index in [0.717, 1.165) is 31.5 Å². The van der Waals surface area contributed by atoms with Crippen LogP contribution in [0.15, 0.2) is 59.4 Å². The van der Waals surface area contributed by atoms with E-state index in [1.165, 1.54) is 30.6 Å². The molecule has 6 heteroatoms. The molecule has 5 rings (SSSR count). The molecule has 160 valence electrons. The molecule has 2 aliphatic rings. The molecule has 0 spiro atoms. The van der Waals surface area contributed by atoms with Crippen molar-refractivity contribution in [3.05, 3.63) is 76.2 Å². The fourth-order valence-corrected chi connectivity index (χ4v) is 4.95. The Balaban J connectivity index is 1.44. The number of carbonyl (C=O) groups excluding carboxylic acids is 1. The van der Waals surface area contributed by atoms with E-state index >= 15 is 0 Å². The first kappa shape index (κ1) is 19.9. The van der Waals surface area contributed by atoms with Crippen LogP contribution in [0.2, 0.25) is 0 Å². The molecule has 2 saturated heterocycles. The van der Waals surface area contributed by atoms with E-state index in [-0.39, 0.29) is 11.5 Å². The Bertz CT molecular complexity index is 1130. The third-order valence-corrected chi connectivity index (χ3v) is 6.65. The van der Waals surface area contributed by atoms with E-state index in [4.69, 9.17) is 0 Å². The number of aromatic nitrogens is 2. The van der Waals surface area contributed by atoms with Crippen molar-refractivity contribution in [1.29, 1.82) is 0 Å². The normalized spacial score (nSPS) is 18.0. The summed E-state index contributed by atoms with van der Waals surface area (Å²) in [6, 6.07) is 17.7. The summed E-state index contributed by atoms with van der Waals surface area (Å²) < 4.78 is 1.43. The summed E-state index contributed by atoms with van der Waals surface area (Å²) in [6.07, 6.45) is 4.59. The lowest BCUT2D eigenvalue weighted by Gasteiger charge is -2.36. The van der Waals surface area contributed by atoms with Crippen molar-refractivity contribution in [2.45, 2.75) is 38.3 Å². The summed E-state index contributed by atoms with van der Waals surface area (Å²) in [4.78, 5) is 31.0. The third kappa shape index (κ3) is 4.00. The molecule has 3 aromatic rings. The van der Waals surface area contributed by atoms with Crippen LogP contribution in [0, 0.1) is 0 Å². The second kappa shape index (κ2) is 8.63. The molecule has 6 nitrogen and oxygen atoms in total. The first-order valence-corrected chi connectivity index (χ1v) is 11.3. The lowest BCUT2D eigenvalue weighted by Crippen LogP contribution is -2.46. The van der Waals surface area contributed by atoms with E-state index in [1.807, 2.05) is 53.4 Å². The zero-order valence-electron chi connectivity index (χ0n) is 17.7. The number of carbonyl (C=O) groups is 1. The van der Waals surface area contributed by atoms with Gasteiger partial charge in [0.25, 0.3) is 11.5 Å². The highest BCUT2D eigenvalue weighted by atomic mass is 16.2. The smallest absolute Gasteiger partial charge is 0.274 e. The first-order chi connectivity index (χ1) is 15.2. The zero-order valence-corrected chi connectivity index (χ0v) is 17.7.